The van der Waals surface area contributed by atoms with Crippen molar-refractivity contribution >= 4 is 27.5 Å². The fourth-order valence-corrected chi connectivity index (χ4v) is 5.45. The van der Waals surface area contributed by atoms with E-state index in [2.05, 4.69) is 10.6 Å². The van der Waals surface area contributed by atoms with Gasteiger partial charge in [-0.1, -0.05) is 6.42 Å². The third-order valence-corrected chi connectivity index (χ3v) is 7.33. The molecular formula is C22H25F2N3O4S. The first kappa shape index (κ1) is 23.8. The second kappa shape index (κ2) is 10.2. The topological polar surface area (TPSA) is 95.6 Å². The number of piperidine rings is 1. The monoisotopic (exact) mass is 465 g/mol. The predicted octanol–water partition coefficient (Wildman–Crippen LogP) is 2.96. The van der Waals surface area contributed by atoms with E-state index >= 15 is 0 Å². The zero-order valence-electron chi connectivity index (χ0n) is 17.6. The zero-order valence-corrected chi connectivity index (χ0v) is 18.4. The molecule has 2 aromatic carbocycles. The second-order valence-electron chi connectivity index (χ2n) is 7.68. The van der Waals surface area contributed by atoms with E-state index in [1.54, 1.807) is 0 Å². The lowest BCUT2D eigenvalue weighted by Crippen LogP contribution is -2.45. The van der Waals surface area contributed by atoms with Crippen LogP contribution >= 0.6 is 0 Å². The molecule has 1 atom stereocenters. The molecule has 1 fully saturated rings. The van der Waals surface area contributed by atoms with Crippen LogP contribution in [0.5, 0.6) is 0 Å². The Kier molecular flexibility index (Phi) is 7.57. The van der Waals surface area contributed by atoms with Crippen LogP contribution in [0.25, 0.3) is 0 Å². The highest BCUT2D eigenvalue weighted by molar-refractivity contribution is 7.89. The molecule has 1 saturated heterocycles. The van der Waals surface area contributed by atoms with Gasteiger partial charge in [0.2, 0.25) is 10.0 Å². The van der Waals surface area contributed by atoms with Gasteiger partial charge in [0.05, 0.1) is 4.90 Å². The Morgan fingerprint density at radius 1 is 1.06 bits per heavy atom. The highest BCUT2D eigenvalue weighted by Crippen LogP contribution is 2.27. The fourth-order valence-electron chi connectivity index (χ4n) is 3.65. The minimum atomic E-state index is -3.82. The van der Waals surface area contributed by atoms with E-state index in [-0.39, 0.29) is 28.7 Å². The first-order valence-corrected chi connectivity index (χ1v) is 11.8. The summed E-state index contributed by atoms with van der Waals surface area (Å²) in [6.07, 6.45) is 2.51. The molecule has 0 saturated carbocycles. The van der Waals surface area contributed by atoms with Crippen LogP contribution < -0.4 is 10.6 Å². The molecule has 0 radical (unpaired) electrons. The highest BCUT2D eigenvalue weighted by Gasteiger charge is 2.33. The molecule has 0 aliphatic carbocycles. The maximum Gasteiger partial charge on any atom is 0.313 e. The van der Waals surface area contributed by atoms with Crippen molar-refractivity contribution in [2.24, 2.45) is 0 Å². The van der Waals surface area contributed by atoms with E-state index in [4.69, 9.17) is 0 Å². The number of benzene rings is 2. The quantitative estimate of drug-likeness (QED) is 0.642. The van der Waals surface area contributed by atoms with E-state index in [0.717, 1.165) is 24.6 Å². The lowest BCUT2D eigenvalue weighted by atomic mass is 10.0. The zero-order chi connectivity index (χ0) is 23.3. The molecule has 2 amide bonds. The van der Waals surface area contributed by atoms with E-state index in [9.17, 15) is 26.8 Å². The number of carbonyl (C=O) groups is 2. The number of rotatable bonds is 6. The van der Waals surface area contributed by atoms with E-state index in [0.29, 0.717) is 25.8 Å². The van der Waals surface area contributed by atoms with Crippen molar-refractivity contribution in [3.63, 3.8) is 0 Å². The van der Waals surface area contributed by atoms with Gasteiger partial charge in [0.15, 0.2) is 0 Å². The van der Waals surface area contributed by atoms with Crippen molar-refractivity contribution in [2.45, 2.75) is 43.5 Å². The molecule has 0 bridgehead atoms. The van der Waals surface area contributed by atoms with Crippen LogP contribution in [-0.4, -0.2) is 43.7 Å². The number of hydrogen-bond acceptors (Lipinski definition) is 4. The van der Waals surface area contributed by atoms with Crippen molar-refractivity contribution in [1.29, 1.82) is 0 Å². The molecule has 7 nitrogen and oxygen atoms in total. The van der Waals surface area contributed by atoms with Crippen molar-refractivity contribution < 1.29 is 26.8 Å². The molecule has 2 N–H and O–H groups in total. The van der Waals surface area contributed by atoms with Gasteiger partial charge in [-0.2, -0.15) is 4.31 Å². The minimum absolute atomic E-state index is 0.0333. The average Bonchev–Trinajstić information content (AvgIpc) is 2.77. The van der Waals surface area contributed by atoms with Crippen LogP contribution in [0.1, 0.15) is 31.2 Å². The van der Waals surface area contributed by atoms with Gasteiger partial charge in [-0.25, -0.2) is 17.2 Å². The molecule has 32 heavy (non-hydrogen) atoms. The number of hydrogen-bond donors (Lipinski definition) is 2. The SMILES string of the molecule is Cc1cc(S(=O)(=O)N2CCCC[C@H]2CCNC(=O)C(=O)Nc2ccc(F)cc2)ccc1F. The van der Waals surface area contributed by atoms with Gasteiger partial charge in [-0.05, 0) is 74.2 Å². The number of aryl methyl sites for hydroxylation is 1. The van der Waals surface area contributed by atoms with Gasteiger partial charge in [0, 0.05) is 24.8 Å². The Hall–Kier alpha value is -2.85. The molecule has 2 aromatic rings. The maximum absolute atomic E-state index is 13.6. The molecule has 3 rings (SSSR count). The fraction of sp³-hybridized carbons (Fsp3) is 0.364. The van der Waals surface area contributed by atoms with Crippen molar-refractivity contribution in [1.82, 2.24) is 9.62 Å². The standard InChI is InChI=1S/C22H25F2N3O4S/c1-15-14-19(9-10-20(15)24)32(30,31)27-13-3-2-4-18(27)11-12-25-21(28)22(29)26-17-7-5-16(23)6-8-17/h5-10,14,18H,2-4,11-13H2,1H3,(H,25,28)(H,26,29)/t18-/m0/s1. The Morgan fingerprint density at radius 2 is 1.78 bits per heavy atom. The summed E-state index contributed by atoms with van der Waals surface area (Å²) in [5, 5.41) is 4.86. The smallest absolute Gasteiger partial charge is 0.313 e. The van der Waals surface area contributed by atoms with Gasteiger partial charge in [0.1, 0.15) is 11.6 Å². The molecular weight excluding hydrogens is 440 g/mol. The number of nitrogens with zero attached hydrogens (tertiary/aromatic N) is 1. The third-order valence-electron chi connectivity index (χ3n) is 5.38. The van der Waals surface area contributed by atoms with Gasteiger partial charge in [0.25, 0.3) is 0 Å². The Bertz CT molecular complexity index is 1090. The highest BCUT2D eigenvalue weighted by atomic mass is 32.2. The summed E-state index contributed by atoms with van der Waals surface area (Å²) in [5.74, 6) is -2.70. The first-order valence-electron chi connectivity index (χ1n) is 10.3. The summed E-state index contributed by atoms with van der Waals surface area (Å²) in [6.45, 7) is 1.95. The van der Waals surface area contributed by atoms with Crippen LogP contribution in [0, 0.1) is 18.6 Å². The average molecular weight is 466 g/mol. The van der Waals surface area contributed by atoms with Crippen LogP contribution in [0.2, 0.25) is 0 Å². The summed E-state index contributed by atoms with van der Waals surface area (Å²) >= 11 is 0. The minimum Gasteiger partial charge on any atom is -0.348 e. The first-order chi connectivity index (χ1) is 15.2. The number of sulfonamides is 1. The molecule has 172 valence electrons. The Morgan fingerprint density at radius 3 is 2.47 bits per heavy atom. The summed E-state index contributed by atoms with van der Waals surface area (Å²) in [7, 11) is -3.82. The van der Waals surface area contributed by atoms with Gasteiger partial charge < -0.3 is 10.6 Å². The lowest BCUT2D eigenvalue weighted by molar-refractivity contribution is -0.136. The molecule has 1 aliphatic rings. The molecule has 0 aromatic heterocycles. The largest absolute Gasteiger partial charge is 0.348 e. The number of halogens is 2. The maximum atomic E-state index is 13.6. The second-order valence-corrected chi connectivity index (χ2v) is 9.57. The van der Waals surface area contributed by atoms with Gasteiger partial charge in [-0.15, -0.1) is 0 Å². The van der Waals surface area contributed by atoms with Crippen LogP contribution in [0.4, 0.5) is 14.5 Å². The number of anilines is 1. The van der Waals surface area contributed by atoms with E-state index in [1.807, 2.05) is 0 Å². The number of amides is 2. The third kappa shape index (κ3) is 5.68. The van der Waals surface area contributed by atoms with Crippen LogP contribution in [0.3, 0.4) is 0 Å². The number of carbonyl (C=O) groups excluding carboxylic acids is 2. The molecule has 0 spiro atoms. The summed E-state index contributed by atoms with van der Waals surface area (Å²) in [6, 6.07) is 8.36. The molecule has 0 unspecified atom stereocenters. The van der Waals surface area contributed by atoms with E-state index in [1.165, 1.54) is 35.5 Å². The summed E-state index contributed by atoms with van der Waals surface area (Å²) < 4.78 is 54.1. The normalized spacial score (nSPS) is 17.0. The van der Waals surface area contributed by atoms with Crippen LogP contribution in [0.15, 0.2) is 47.4 Å². The lowest BCUT2D eigenvalue weighted by Gasteiger charge is -2.34. The summed E-state index contributed by atoms with van der Waals surface area (Å²) in [5.41, 5.74) is 0.532. The van der Waals surface area contributed by atoms with Gasteiger partial charge in [-0.3, -0.25) is 9.59 Å². The van der Waals surface area contributed by atoms with E-state index < -0.39 is 33.5 Å². The van der Waals surface area contributed by atoms with Crippen molar-refractivity contribution in [3.8, 4) is 0 Å². The summed E-state index contributed by atoms with van der Waals surface area (Å²) in [4.78, 5) is 24.1. The van der Waals surface area contributed by atoms with Crippen molar-refractivity contribution in [2.75, 3.05) is 18.4 Å². The molecule has 1 aliphatic heterocycles. The Balaban J connectivity index is 1.59. The number of nitrogens with one attached hydrogen (secondary N) is 2. The predicted molar refractivity (Wildman–Crippen MR) is 115 cm³/mol. The van der Waals surface area contributed by atoms with Gasteiger partial charge >= 0.3 is 11.8 Å². The molecule has 10 heteroatoms. The van der Waals surface area contributed by atoms with Crippen LogP contribution in [-0.2, 0) is 19.6 Å². The van der Waals surface area contributed by atoms with Crippen molar-refractivity contribution in [3.05, 3.63) is 59.7 Å². The molecule has 1 heterocycles. The Labute approximate surface area is 185 Å².